The van der Waals surface area contributed by atoms with Crippen molar-refractivity contribution >= 4 is 17.7 Å². The summed E-state index contributed by atoms with van der Waals surface area (Å²) in [6.45, 7) is 5.56. The molecule has 27 heavy (non-hydrogen) atoms. The van der Waals surface area contributed by atoms with Crippen molar-refractivity contribution in [3.63, 3.8) is 0 Å². The standard InChI is InChI=1S/C21H29NO5/c1-4-19(23)16-8-10-17(11-9-16)26-13-21(25)27-12-20(24)22-18-7-5-6-14(2)15(18)3/h8-11,14-15,18H,4-7,12-13H2,1-3H3,(H,22,24)/t14-,15+,18+/m1/s1. The second-order valence-corrected chi connectivity index (χ2v) is 7.19. The van der Waals surface area contributed by atoms with Crippen molar-refractivity contribution in [1.82, 2.24) is 5.32 Å². The van der Waals surface area contributed by atoms with Gasteiger partial charge in [-0.15, -0.1) is 0 Å². The minimum atomic E-state index is -0.607. The van der Waals surface area contributed by atoms with Gasteiger partial charge in [-0.2, -0.15) is 0 Å². The van der Waals surface area contributed by atoms with Gasteiger partial charge in [0.1, 0.15) is 5.75 Å². The summed E-state index contributed by atoms with van der Waals surface area (Å²) in [4.78, 5) is 35.3. The number of Topliss-reactive ketones (excluding diaryl/α,β-unsaturated/α-hetero) is 1. The largest absolute Gasteiger partial charge is 0.482 e. The summed E-state index contributed by atoms with van der Waals surface area (Å²) in [7, 11) is 0. The van der Waals surface area contributed by atoms with Crippen LogP contribution >= 0.6 is 0 Å². The molecule has 1 aliphatic rings. The first kappa shape index (κ1) is 20.9. The number of amides is 1. The van der Waals surface area contributed by atoms with E-state index in [-0.39, 0.29) is 30.9 Å². The number of benzene rings is 1. The van der Waals surface area contributed by atoms with Gasteiger partial charge >= 0.3 is 5.97 Å². The van der Waals surface area contributed by atoms with Gasteiger partial charge < -0.3 is 14.8 Å². The van der Waals surface area contributed by atoms with Crippen LogP contribution in [0.5, 0.6) is 5.75 Å². The molecule has 1 N–H and O–H groups in total. The van der Waals surface area contributed by atoms with Crippen LogP contribution in [0.3, 0.4) is 0 Å². The fourth-order valence-electron chi connectivity index (χ4n) is 3.31. The van der Waals surface area contributed by atoms with E-state index in [9.17, 15) is 14.4 Å². The van der Waals surface area contributed by atoms with E-state index in [0.717, 1.165) is 12.8 Å². The van der Waals surface area contributed by atoms with Crippen LogP contribution in [0.4, 0.5) is 0 Å². The topological polar surface area (TPSA) is 81.7 Å². The van der Waals surface area contributed by atoms with Crippen LogP contribution in [0, 0.1) is 11.8 Å². The number of carbonyl (C=O) groups is 3. The Balaban J connectivity index is 1.69. The molecule has 0 unspecified atom stereocenters. The number of ketones is 1. The Kier molecular flexibility index (Phi) is 7.82. The fourth-order valence-corrected chi connectivity index (χ4v) is 3.31. The lowest BCUT2D eigenvalue weighted by molar-refractivity contribution is -0.150. The van der Waals surface area contributed by atoms with Crippen molar-refractivity contribution in [3.8, 4) is 5.75 Å². The third-order valence-corrected chi connectivity index (χ3v) is 5.27. The van der Waals surface area contributed by atoms with Crippen molar-refractivity contribution < 1.29 is 23.9 Å². The van der Waals surface area contributed by atoms with Crippen LogP contribution in [-0.4, -0.2) is 36.9 Å². The van der Waals surface area contributed by atoms with Gasteiger partial charge in [-0.05, 0) is 42.5 Å². The van der Waals surface area contributed by atoms with Gasteiger partial charge in [-0.25, -0.2) is 4.79 Å². The molecule has 1 aromatic carbocycles. The summed E-state index contributed by atoms with van der Waals surface area (Å²) in [5.41, 5.74) is 0.607. The maximum atomic E-state index is 12.0. The van der Waals surface area contributed by atoms with Crippen molar-refractivity contribution in [2.24, 2.45) is 11.8 Å². The lowest BCUT2D eigenvalue weighted by Gasteiger charge is -2.34. The molecule has 2 rings (SSSR count). The fraction of sp³-hybridized carbons (Fsp3) is 0.571. The predicted octanol–water partition coefficient (Wildman–Crippen LogP) is 3.14. The first-order valence-corrected chi connectivity index (χ1v) is 9.61. The highest BCUT2D eigenvalue weighted by Gasteiger charge is 2.28. The second kappa shape index (κ2) is 10.1. The van der Waals surface area contributed by atoms with E-state index >= 15 is 0 Å². The molecule has 0 bridgehead atoms. The third kappa shape index (κ3) is 6.38. The molecule has 0 saturated heterocycles. The third-order valence-electron chi connectivity index (χ3n) is 5.27. The Hall–Kier alpha value is -2.37. The summed E-state index contributed by atoms with van der Waals surface area (Å²) in [5.74, 6) is 0.631. The van der Waals surface area contributed by atoms with Crippen LogP contribution < -0.4 is 10.1 Å². The summed E-state index contributed by atoms with van der Waals surface area (Å²) >= 11 is 0. The van der Waals surface area contributed by atoms with Crippen LogP contribution in [-0.2, 0) is 14.3 Å². The van der Waals surface area contributed by atoms with Crippen molar-refractivity contribution in [2.45, 2.75) is 52.5 Å². The summed E-state index contributed by atoms with van der Waals surface area (Å²) in [6, 6.07) is 6.72. The molecule has 1 aliphatic carbocycles. The molecule has 1 amide bonds. The van der Waals surface area contributed by atoms with Gasteiger partial charge in [-0.1, -0.05) is 33.6 Å². The van der Waals surface area contributed by atoms with Crippen LogP contribution in [0.2, 0.25) is 0 Å². The van der Waals surface area contributed by atoms with Gasteiger partial charge in [0.05, 0.1) is 0 Å². The first-order chi connectivity index (χ1) is 12.9. The molecule has 0 aliphatic heterocycles. The molecule has 1 saturated carbocycles. The highest BCUT2D eigenvalue weighted by atomic mass is 16.6. The highest BCUT2D eigenvalue weighted by Crippen LogP contribution is 2.29. The maximum Gasteiger partial charge on any atom is 0.344 e. The van der Waals surface area contributed by atoms with Crippen molar-refractivity contribution in [1.29, 1.82) is 0 Å². The number of nitrogens with one attached hydrogen (secondary N) is 1. The highest BCUT2D eigenvalue weighted by molar-refractivity contribution is 5.95. The number of hydrogen-bond donors (Lipinski definition) is 1. The molecule has 0 aromatic heterocycles. The molecule has 1 fully saturated rings. The Bertz CT molecular complexity index is 655. The Morgan fingerprint density at radius 2 is 1.78 bits per heavy atom. The smallest absolute Gasteiger partial charge is 0.344 e. The molecule has 1 aromatic rings. The molecule has 0 radical (unpaired) electrons. The quantitative estimate of drug-likeness (QED) is 0.558. The van der Waals surface area contributed by atoms with E-state index in [1.54, 1.807) is 31.2 Å². The molecule has 0 heterocycles. The monoisotopic (exact) mass is 375 g/mol. The van der Waals surface area contributed by atoms with E-state index in [2.05, 4.69) is 19.2 Å². The van der Waals surface area contributed by atoms with Gasteiger partial charge in [0.2, 0.25) is 0 Å². The van der Waals surface area contributed by atoms with Gasteiger partial charge in [0.15, 0.2) is 19.0 Å². The predicted molar refractivity (Wildman–Crippen MR) is 102 cm³/mol. The van der Waals surface area contributed by atoms with E-state index in [1.807, 2.05) is 0 Å². The molecule has 0 spiro atoms. The van der Waals surface area contributed by atoms with Crippen LogP contribution in [0.15, 0.2) is 24.3 Å². The minimum Gasteiger partial charge on any atom is -0.482 e. The number of carbonyl (C=O) groups excluding carboxylic acids is 3. The zero-order valence-electron chi connectivity index (χ0n) is 16.3. The SMILES string of the molecule is CCC(=O)c1ccc(OCC(=O)OCC(=O)N[C@H]2CCC[C@@H](C)[C@@H]2C)cc1. The lowest BCUT2D eigenvalue weighted by atomic mass is 9.78. The first-order valence-electron chi connectivity index (χ1n) is 9.61. The van der Waals surface area contributed by atoms with E-state index in [4.69, 9.17) is 9.47 Å². The van der Waals surface area contributed by atoms with Crippen LogP contribution in [0.25, 0.3) is 0 Å². The van der Waals surface area contributed by atoms with Gasteiger partial charge in [-0.3, -0.25) is 9.59 Å². The average Bonchev–Trinajstić information content (AvgIpc) is 2.68. The summed E-state index contributed by atoms with van der Waals surface area (Å²) in [6.07, 6.45) is 3.69. The zero-order chi connectivity index (χ0) is 19.8. The maximum absolute atomic E-state index is 12.0. The molecule has 6 heteroatoms. The molecule has 148 valence electrons. The molecule has 6 nitrogen and oxygen atoms in total. The average molecular weight is 375 g/mol. The Morgan fingerprint density at radius 3 is 2.44 bits per heavy atom. The van der Waals surface area contributed by atoms with Crippen molar-refractivity contribution in [2.75, 3.05) is 13.2 Å². The normalized spacial score (nSPS) is 22.0. The van der Waals surface area contributed by atoms with Gasteiger partial charge in [0.25, 0.3) is 5.91 Å². The van der Waals surface area contributed by atoms with Crippen molar-refractivity contribution in [3.05, 3.63) is 29.8 Å². The Morgan fingerprint density at radius 1 is 1.07 bits per heavy atom. The van der Waals surface area contributed by atoms with E-state index in [0.29, 0.717) is 29.6 Å². The van der Waals surface area contributed by atoms with E-state index < -0.39 is 5.97 Å². The molecule has 3 atom stereocenters. The number of esters is 1. The molecular weight excluding hydrogens is 346 g/mol. The zero-order valence-corrected chi connectivity index (χ0v) is 16.3. The summed E-state index contributed by atoms with van der Waals surface area (Å²) in [5, 5.41) is 2.96. The minimum absolute atomic E-state index is 0.0497. The van der Waals surface area contributed by atoms with Crippen LogP contribution in [0.1, 0.15) is 56.8 Å². The number of hydrogen-bond acceptors (Lipinski definition) is 5. The molecular formula is C21H29NO5. The summed E-state index contributed by atoms with van der Waals surface area (Å²) < 4.78 is 10.3. The van der Waals surface area contributed by atoms with Gasteiger partial charge in [0, 0.05) is 18.0 Å². The Labute approximate surface area is 160 Å². The number of rotatable bonds is 8. The lowest BCUT2D eigenvalue weighted by Crippen LogP contribution is -2.45. The second-order valence-electron chi connectivity index (χ2n) is 7.19. The number of ether oxygens (including phenoxy) is 2. The van der Waals surface area contributed by atoms with E-state index in [1.165, 1.54) is 6.42 Å².